The second kappa shape index (κ2) is 13.9. The molecule has 1 atom stereocenters. The number of fused-ring (bicyclic) bond motifs is 1. The van der Waals surface area contributed by atoms with E-state index in [1.807, 2.05) is 38.7 Å². The number of aromatic nitrogens is 3. The third kappa shape index (κ3) is 8.21. The Morgan fingerprint density at radius 2 is 1.91 bits per heavy atom. The minimum absolute atomic E-state index is 0.135. The molecule has 44 heavy (non-hydrogen) atoms. The normalized spacial score (nSPS) is 16.8. The Hall–Kier alpha value is -3.83. The van der Waals surface area contributed by atoms with Gasteiger partial charge in [0.25, 0.3) is 5.91 Å². The number of carbonyl (C=O) groups is 2. The monoisotopic (exact) mass is 604 g/mol. The highest BCUT2D eigenvalue weighted by molar-refractivity contribution is 5.92. The van der Waals surface area contributed by atoms with Crippen LogP contribution in [0.4, 0.5) is 0 Å². The number of β-amino-alcohol motifs (C(OH)–C–C–N with tert-alkyl or cyclic N) is 1. The number of piperidine rings is 1. The molecular weight excluding hydrogens is 560 g/mol. The minimum atomic E-state index is -0.712. The van der Waals surface area contributed by atoms with Crippen LogP contribution in [0.2, 0.25) is 0 Å². The zero-order valence-corrected chi connectivity index (χ0v) is 26.2. The molecule has 3 aromatic rings. The van der Waals surface area contributed by atoms with Crippen molar-refractivity contribution in [2.45, 2.75) is 72.6 Å². The molecule has 2 aromatic heterocycles. The summed E-state index contributed by atoms with van der Waals surface area (Å²) in [5.74, 6) is 1.79. The van der Waals surface area contributed by atoms with E-state index in [-0.39, 0.29) is 23.8 Å². The summed E-state index contributed by atoms with van der Waals surface area (Å²) in [7, 11) is 0. The number of nitrogens with zero attached hydrogens (tertiary/aromatic N) is 5. The molecule has 0 saturated carbocycles. The number of aliphatic hydroxyl groups excluding tert-OH is 1. The van der Waals surface area contributed by atoms with Crippen molar-refractivity contribution in [3.8, 4) is 5.75 Å². The fourth-order valence-electron chi connectivity index (χ4n) is 5.85. The zero-order valence-electron chi connectivity index (χ0n) is 26.2. The van der Waals surface area contributed by atoms with Crippen molar-refractivity contribution in [2.24, 2.45) is 11.3 Å². The molecule has 0 bridgehead atoms. The van der Waals surface area contributed by atoms with E-state index >= 15 is 0 Å². The summed E-state index contributed by atoms with van der Waals surface area (Å²) in [6.07, 6.45) is 5.56. The summed E-state index contributed by atoms with van der Waals surface area (Å²) in [6.45, 7) is 11.7. The molecule has 0 aliphatic carbocycles. The van der Waals surface area contributed by atoms with Crippen LogP contribution < -0.4 is 10.1 Å². The first-order valence-corrected chi connectivity index (χ1v) is 15.5. The maximum absolute atomic E-state index is 12.8. The van der Waals surface area contributed by atoms with Crippen molar-refractivity contribution in [2.75, 3.05) is 32.7 Å². The van der Waals surface area contributed by atoms with Crippen LogP contribution in [0.5, 0.6) is 5.75 Å². The van der Waals surface area contributed by atoms with Crippen LogP contribution in [0.15, 0.2) is 41.4 Å². The van der Waals surface area contributed by atoms with Gasteiger partial charge in [-0.25, -0.2) is 15.0 Å². The predicted molar refractivity (Wildman–Crippen MR) is 164 cm³/mol. The first-order chi connectivity index (χ1) is 21.0. The molecule has 0 radical (unpaired) electrons. The number of nitrogens with one attached hydrogen (secondary N) is 1. The first kappa shape index (κ1) is 31.6. The molecule has 0 spiro atoms. The van der Waals surface area contributed by atoms with Crippen LogP contribution >= 0.6 is 0 Å². The highest BCUT2D eigenvalue weighted by Gasteiger charge is 2.30. The van der Waals surface area contributed by atoms with Crippen LogP contribution in [0.3, 0.4) is 0 Å². The van der Waals surface area contributed by atoms with E-state index < -0.39 is 6.10 Å². The molecular formula is C33H44N6O5. The number of ether oxygens (including phenoxy) is 1. The van der Waals surface area contributed by atoms with Crippen molar-refractivity contribution in [1.29, 1.82) is 0 Å². The molecule has 4 heterocycles. The van der Waals surface area contributed by atoms with Crippen molar-refractivity contribution >= 4 is 11.8 Å². The molecule has 2 N–H and O–H groups in total. The van der Waals surface area contributed by atoms with Gasteiger partial charge in [0.15, 0.2) is 12.2 Å². The summed E-state index contributed by atoms with van der Waals surface area (Å²) >= 11 is 0. The third-order valence-corrected chi connectivity index (χ3v) is 8.45. The number of oxazole rings is 1. The van der Waals surface area contributed by atoms with Gasteiger partial charge in [-0.05, 0) is 67.9 Å². The van der Waals surface area contributed by atoms with Gasteiger partial charge in [-0.2, -0.15) is 0 Å². The SMILES string of the molecule is Cc1ncoc1COc1ccc2c(c1)CCN(C[C@@H](O)CNC(=O)c1cc(CC3CCN(C(=O)C(C)(C)C)CC3)ncn1)C2. The van der Waals surface area contributed by atoms with Crippen molar-refractivity contribution < 1.29 is 23.8 Å². The lowest BCUT2D eigenvalue weighted by atomic mass is 9.89. The fraction of sp³-hybridized carbons (Fsp3) is 0.545. The molecule has 0 unspecified atom stereocenters. The number of aliphatic hydroxyl groups is 1. The summed E-state index contributed by atoms with van der Waals surface area (Å²) in [6, 6.07) is 7.83. The van der Waals surface area contributed by atoms with E-state index in [1.165, 1.54) is 23.8 Å². The number of benzene rings is 1. The number of hydrogen-bond acceptors (Lipinski definition) is 9. The van der Waals surface area contributed by atoms with Gasteiger partial charge < -0.3 is 24.5 Å². The van der Waals surface area contributed by atoms with Crippen molar-refractivity contribution in [1.82, 2.24) is 30.1 Å². The highest BCUT2D eigenvalue weighted by atomic mass is 16.5. The molecule has 1 fully saturated rings. The van der Waals surface area contributed by atoms with E-state index in [9.17, 15) is 14.7 Å². The summed E-state index contributed by atoms with van der Waals surface area (Å²) in [5, 5.41) is 13.5. The van der Waals surface area contributed by atoms with E-state index in [2.05, 4.69) is 37.3 Å². The maximum atomic E-state index is 12.8. The second-order valence-electron chi connectivity index (χ2n) is 13.0. The summed E-state index contributed by atoms with van der Waals surface area (Å²) < 4.78 is 11.2. The average molecular weight is 605 g/mol. The highest BCUT2D eigenvalue weighted by Crippen LogP contribution is 2.26. The van der Waals surface area contributed by atoms with Gasteiger partial charge >= 0.3 is 0 Å². The van der Waals surface area contributed by atoms with Gasteiger partial charge in [-0.15, -0.1) is 0 Å². The van der Waals surface area contributed by atoms with Gasteiger partial charge in [0.05, 0.1) is 11.8 Å². The maximum Gasteiger partial charge on any atom is 0.270 e. The predicted octanol–water partition coefficient (Wildman–Crippen LogP) is 3.33. The number of carbonyl (C=O) groups excluding carboxylic acids is 2. The largest absolute Gasteiger partial charge is 0.486 e. The Morgan fingerprint density at radius 3 is 2.64 bits per heavy atom. The van der Waals surface area contributed by atoms with Crippen LogP contribution in [0.1, 0.15) is 72.4 Å². The Kier molecular flexibility index (Phi) is 9.95. The Bertz CT molecular complexity index is 1440. The molecule has 1 aromatic carbocycles. The molecule has 2 amide bonds. The van der Waals surface area contributed by atoms with Crippen molar-refractivity contribution in [3.05, 3.63) is 71.0 Å². The van der Waals surface area contributed by atoms with E-state index in [0.29, 0.717) is 24.8 Å². The summed E-state index contributed by atoms with van der Waals surface area (Å²) in [4.78, 5) is 42.2. The van der Waals surface area contributed by atoms with Crippen LogP contribution in [-0.4, -0.2) is 80.5 Å². The number of rotatable bonds is 10. The number of amides is 2. The molecule has 5 rings (SSSR count). The summed E-state index contributed by atoms with van der Waals surface area (Å²) in [5.41, 5.74) is 4.02. The number of aryl methyl sites for hydroxylation is 1. The lowest BCUT2D eigenvalue weighted by Crippen LogP contribution is -2.44. The smallest absolute Gasteiger partial charge is 0.270 e. The lowest BCUT2D eigenvalue weighted by Gasteiger charge is -2.35. The Morgan fingerprint density at radius 1 is 1.11 bits per heavy atom. The standard InChI is InChI=1S/C33H44N6O5/c1-22-30(44-21-37-22)19-43-28-6-5-25-17-38(10-9-24(25)14-28)18-27(40)16-34-31(41)29-15-26(35-20-36-29)13-23-7-11-39(12-8-23)32(42)33(2,3)4/h5-6,14-15,20-21,23,27,40H,7-13,16-19H2,1-4H3,(H,34,41)/t27-/m0/s1. The molecule has 11 heteroatoms. The van der Waals surface area contributed by atoms with Gasteiger partial charge in [-0.1, -0.05) is 26.8 Å². The number of hydrogen-bond donors (Lipinski definition) is 2. The quantitative estimate of drug-likeness (QED) is 0.357. The van der Waals surface area contributed by atoms with Gasteiger partial charge in [0, 0.05) is 50.4 Å². The topological polar surface area (TPSA) is 134 Å². The van der Waals surface area contributed by atoms with Crippen LogP contribution in [-0.2, 0) is 30.8 Å². The molecule has 236 valence electrons. The van der Waals surface area contributed by atoms with Crippen LogP contribution in [0, 0.1) is 18.3 Å². The van der Waals surface area contributed by atoms with Gasteiger partial charge in [0.2, 0.25) is 5.91 Å². The van der Waals surface area contributed by atoms with Gasteiger partial charge in [-0.3, -0.25) is 14.5 Å². The third-order valence-electron chi connectivity index (χ3n) is 8.45. The van der Waals surface area contributed by atoms with E-state index in [0.717, 1.165) is 74.8 Å². The Labute approximate surface area is 259 Å². The zero-order chi connectivity index (χ0) is 31.3. The van der Waals surface area contributed by atoms with Crippen LogP contribution in [0.25, 0.3) is 0 Å². The average Bonchev–Trinajstić information content (AvgIpc) is 3.42. The first-order valence-electron chi connectivity index (χ1n) is 15.5. The fourth-order valence-corrected chi connectivity index (χ4v) is 5.85. The molecule has 1 saturated heterocycles. The van der Waals surface area contributed by atoms with Crippen molar-refractivity contribution in [3.63, 3.8) is 0 Å². The lowest BCUT2D eigenvalue weighted by molar-refractivity contribution is -0.140. The molecule has 11 nitrogen and oxygen atoms in total. The van der Waals surface area contributed by atoms with E-state index in [4.69, 9.17) is 9.15 Å². The van der Waals surface area contributed by atoms with E-state index in [1.54, 1.807) is 6.07 Å². The molecule has 2 aliphatic rings. The van der Waals surface area contributed by atoms with Gasteiger partial charge in [0.1, 0.15) is 24.4 Å². The minimum Gasteiger partial charge on any atom is -0.486 e. The Balaban J connectivity index is 1.05. The second-order valence-corrected chi connectivity index (χ2v) is 13.0. The number of likely N-dealkylation sites (tertiary alicyclic amines) is 1. The molecule has 2 aliphatic heterocycles.